The van der Waals surface area contributed by atoms with Gasteiger partial charge in [-0.15, -0.1) is 0 Å². The van der Waals surface area contributed by atoms with E-state index in [9.17, 15) is 18.0 Å². The zero-order valence-corrected chi connectivity index (χ0v) is 17.6. The molecule has 0 spiro atoms. The van der Waals surface area contributed by atoms with Crippen LogP contribution >= 0.6 is 0 Å². The van der Waals surface area contributed by atoms with Gasteiger partial charge in [0.15, 0.2) is 23.1 Å². The van der Waals surface area contributed by atoms with Gasteiger partial charge in [-0.3, -0.25) is 9.59 Å². The van der Waals surface area contributed by atoms with E-state index in [1.807, 2.05) is 6.92 Å². The number of ketones is 2. The Labute approximate surface area is 179 Å². The van der Waals surface area contributed by atoms with Crippen molar-refractivity contribution in [2.45, 2.75) is 11.8 Å². The quantitative estimate of drug-likeness (QED) is 0.339. The van der Waals surface area contributed by atoms with Crippen LogP contribution in [0.1, 0.15) is 31.8 Å². The summed E-state index contributed by atoms with van der Waals surface area (Å²) in [6.07, 6.45) is 1.46. The van der Waals surface area contributed by atoms with E-state index in [1.54, 1.807) is 42.5 Å². The molecule has 1 aliphatic carbocycles. The summed E-state index contributed by atoms with van der Waals surface area (Å²) in [6.45, 7) is 1.85. The van der Waals surface area contributed by atoms with E-state index in [4.69, 9.17) is 8.92 Å². The van der Waals surface area contributed by atoms with Gasteiger partial charge in [0.2, 0.25) is 0 Å². The number of fused-ring (bicyclic) bond motifs is 1. The van der Waals surface area contributed by atoms with Crippen LogP contribution in [0.2, 0.25) is 0 Å². The lowest BCUT2D eigenvalue weighted by molar-refractivity contribution is 0.0990. The highest BCUT2D eigenvalue weighted by atomic mass is 32.2. The smallest absolute Gasteiger partial charge is 0.339 e. The molecule has 7 heteroatoms. The maximum atomic E-state index is 12.6. The Kier molecular flexibility index (Phi) is 5.20. The van der Waals surface area contributed by atoms with Crippen molar-refractivity contribution in [2.75, 3.05) is 7.11 Å². The van der Waals surface area contributed by atoms with Gasteiger partial charge in [-0.25, -0.2) is 0 Å². The van der Waals surface area contributed by atoms with Crippen molar-refractivity contribution in [1.82, 2.24) is 0 Å². The van der Waals surface area contributed by atoms with Gasteiger partial charge in [0.1, 0.15) is 4.90 Å². The molecule has 0 bridgehead atoms. The van der Waals surface area contributed by atoms with Crippen LogP contribution in [0.3, 0.4) is 0 Å². The van der Waals surface area contributed by atoms with Gasteiger partial charge < -0.3 is 8.92 Å². The van der Waals surface area contributed by atoms with Crippen molar-refractivity contribution in [3.8, 4) is 11.5 Å². The van der Waals surface area contributed by atoms with Gasteiger partial charge in [-0.1, -0.05) is 48.0 Å². The zero-order chi connectivity index (χ0) is 22.2. The molecule has 0 aliphatic heterocycles. The predicted octanol–water partition coefficient (Wildman–Crippen LogP) is 4.23. The van der Waals surface area contributed by atoms with E-state index in [0.717, 1.165) is 5.56 Å². The van der Waals surface area contributed by atoms with Gasteiger partial charge in [-0.2, -0.15) is 8.42 Å². The molecule has 6 nitrogen and oxygen atoms in total. The maximum Gasteiger partial charge on any atom is 0.339 e. The fraction of sp³-hybridized carbons (Fsp3) is 0.0833. The molecule has 0 unspecified atom stereocenters. The number of aryl methyl sites for hydroxylation is 1. The summed E-state index contributed by atoms with van der Waals surface area (Å²) in [6, 6.07) is 17.4. The summed E-state index contributed by atoms with van der Waals surface area (Å²) in [5.41, 5.74) is 2.21. The third-order valence-corrected chi connectivity index (χ3v) is 6.16. The Hall–Kier alpha value is -3.71. The summed E-state index contributed by atoms with van der Waals surface area (Å²) in [4.78, 5) is 25.2. The molecule has 156 valence electrons. The number of benzene rings is 3. The Bertz CT molecular complexity index is 1300. The fourth-order valence-corrected chi connectivity index (χ4v) is 4.22. The summed E-state index contributed by atoms with van der Waals surface area (Å²) in [5, 5.41) is 0. The average Bonchev–Trinajstić information content (AvgIpc) is 3.00. The van der Waals surface area contributed by atoms with Gasteiger partial charge in [-0.05, 0) is 42.8 Å². The van der Waals surface area contributed by atoms with Crippen molar-refractivity contribution in [2.24, 2.45) is 0 Å². The van der Waals surface area contributed by atoms with Crippen LogP contribution in [-0.4, -0.2) is 27.1 Å². The Balaban J connectivity index is 1.65. The number of carbonyl (C=O) groups excluding carboxylic acids is 2. The standard InChI is InChI=1S/C24H18O6S/c1-15-7-10-17(11-8-15)31(27,28)30-21-12-9-16(14-22(21)29-2)13-20-23(25)18-5-3-4-6-19(18)24(20)26/h3-14H,1-2H3. The molecule has 0 radical (unpaired) electrons. The van der Waals surface area contributed by atoms with Crippen LogP contribution in [0.15, 0.2) is 77.2 Å². The molecule has 4 rings (SSSR count). The minimum atomic E-state index is -4.06. The summed E-state index contributed by atoms with van der Waals surface area (Å²) < 4.78 is 35.7. The van der Waals surface area contributed by atoms with E-state index in [0.29, 0.717) is 16.7 Å². The first-order chi connectivity index (χ1) is 14.8. The fourth-order valence-electron chi connectivity index (χ4n) is 3.28. The number of carbonyl (C=O) groups is 2. The number of allylic oxidation sites excluding steroid dienone is 1. The lowest BCUT2D eigenvalue weighted by atomic mass is 10.1. The van der Waals surface area contributed by atoms with Crippen LogP contribution in [-0.2, 0) is 10.1 Å². The Morgan fingerprint density at radius 3 is 2.00 bits per heavy atom. The van der Waals surface area contributed by atoms with Crippen LogP contribution in [0.4, 0.5) is 0 Å². The molecule has 0 aromatic heterocycles. The number of hydrogen-bond donors (Lipinski definition) is 0. The van der Waals surface area contributed by atoms with E-state index in [1.165, 1.54) is 37.5 Å². The number of methoxy groups -OCH3 is 1. The molecule has 0 saturated heterocycles. The molecule has 31 heavy (non-hydrogen) atoms. The number of ether oxygens (including phenoxy) is 1. The molecular formula is C24H18O6S. The van der Waals surface area contributed by atoms with Crippen LogP contribution in [0, 0.1) is 6.92 Å². The highest BCUT2D eigenvalue weighted by Crippen LogP contribution is 2.33. The second kappa shape index (κ2) is 7.85. The largest absolute Gasteiger partial charge is 0.493 e. The molecule has 3 aromatic carbocycles. The molecule has 0 saturated carbocycles. The van der Waals surface area contributed by atoms with E-state index in [2.05, 4.69) is 0 Å². The second-order valence-electron chi connectivity index (χ2n) is 7.02. The molecular weight excluding hydrogens is 416 g/mol. The van der Waals surface area contributed by atoms with Crippen molar-refractivity contribution in [1.29, 1.82) is 0 Å². The second-order valence-corrected chi connectivity index (χ2v) is 8.57. The van der Waals surface area contributed by atoms with Crippen LogP contribution in [0.25, 0.3) is 6.08 Å². The third kappa shape index (κ3) is 3.87. The van der Waals surface area contributed by atoms with Gasteiger partial charge in [0.25, 0.3) is 0 Å². The maximum absolute atomic E-state index is 12.6. The molecule has 0 fully saturated rings. The Morgan fingerprint density at radius 1 is 0.806 bits per heavy atom. The Morgan fingerprint density at radius 2 is 1.42 bits per heavy atom. The third-order valence-electron chi connectivity index (χ3n) is 4.91. The first kappa shape index (κ1) is 20.6. The monoisotopic (exact) mass is 434 g/mol. The summed E-state index contributed by atoms with van der Waals surface area (Å²) in [7, 11) is -2.68. The zero-order valence-electron chi connectivity index (χ0n) is 16.8. The van der Waals surface area contributed by atoms with Crippen molar-refractivity contribution < 1.29 is 26.9 Å². The minimum absolute atomic E-state index is 0.00224. The van der Waals surface area contributed by atoms with Crippen LogP contribution < -0.4 is 8.92 Å². The number of rotatable bonds is 5. The number of hydrogen-bond acceptors (Lipinski definition) is 6. The molecule has 0 atom stereocenters. The SMILES string of the molecule is COc1cc(C=C2C(=O)c3ccccc3C2=O)ccc1OS(=O)(=O)c1ccc(C)cc1. The molecule has 0 N–H and O–H groups in total. The average molecular weight is 434 g/mol. The van der Waals surface area contributed by atoms with Gasteiger partial charge >= 0.3 is 10.1 Å². The molecule has 1 aliphatic rings. The topological polar surface area (TPSA) is 86.7 Å². The molecule has 3 aromatic rings. The predicted molar refractivity (Wildman–Crippen MR) is 115 cm³/mol. The first-order valence-corrected chi connectivity index (χ1v) is 10.8. The highest BCUT2D eigenvalue weighted by Gasteiger charge is 2.32. The van der Waals surface area contributed by atoms with E-state index >= 15 is 0 Å². The van der Waals surface area contributed by atoms with Crippen molar-refractivity contribution in [3.05, 3.63) is 94.6 Å². The normalized spacial score (nSPS) is 13.2. The van der Waals surface area contributed by atoms with Crippen LogP contribution in [0.5, 0.6) is 11.5 Å². The first-order valence-electron chi connectivity index (χ1n) is 9.39. The minimum Gasteiger partial charge on any atom is -0.493 e. The molecule has 0 heterocycles. The van der Waals surface area contributed by atoms with E-state index in [-0.39, 0.29) is 33.5 Å². The summed E-state index contributed by atoms with van der Waals surface area (Å²) >= 11 is 0. The lowest BCUT2D eigenvalue weighted by Crippen LogP contribution is -2.10. The summed E-state index contributed by atoms with van der Waals surface area (Å²) in [5.74, 6) is -0.540. The molecule has 0 amide bonds. The lowest BCUT2D eigenvalue weighted by Gasteiger charge is -2.11. The van der Waals surface area contributed by atoms with Gasteiger partial charge in [0.05, 0.1) is 12.7 Å². The van der Waals surface area contributed by atoms with Crippen molar-refractivity contribution >= 4 is 27.8 Å². The van der Waals surface area contributed by atoms with Crippen molar-refractivity contribution in [3.63, 3.8) is 0 Å². The highest BCUT2D eigenvalue weighted by molar-refractivity contribution is 7.87. The van der Waals surface area contributed by atoms with Gasteiger partial charge in [0, 0.05) is 11.1 Å². The van der Waals surface area contributed by atoms with E-state index < -0.39 is 10.1 Å². The number of Topliss-reactive ketones (excluding diaryl/α,β-unsaturated/α-hetero) is 2.